The highest BCUT2D eigenvalue weighted by atomic mass is 19.1. The standard InChI is InChI=1S/C15H18FNO4/c1-20-14(18)12-7-13(16)9-17(8-12)15(19)21-10-11-5-3-2-4-6-11/h2-6,12-13H,7-10H2,1H3/t12-,13+/m0/s1. The van der Waals surface area contributed by atoms with Crippen LogP contribution in [0.3, 0.4) is 0 Å². The number of hydrogen-bond acceptors (Lipinski definition) is 4. The Morgan fingerprint density at radius 3 is 2.67 bits per heavy atom. The molecular formula is C15H18FNO4. The molecule has 1 aromatic carbocycles. The second kappa shape index (κ2) is 7.06. The number of halogens is 1. The maximum absolute atomic E-state index is 13.6. The van der Waals surface area contributed by atoms with Crippen LogP contribution < -0.4 is 0 Å². The van der Waals surface area contributed by atoms with E-state index in [1.165, 1.54) is 12.0 Å². The number of likely N-dealkylation sites (tertiary alicyclic amines) is 1. The van der Waals surface area contributed by atoms with Gasteiger partial charge in [0.25, 0.3) is 0 Å². The molecule has 0 spiro atoms. The van der Waals surface area contributed by atoms with Gasteiger partial charge in [-0.25, -0.2) is 9.18 Å². The lowest BCUT2D eigenvalue weighted by Gasteiger charge is -2.32. The second-order valence-corrected chi connectivity index (χ2v) is 5.00. The Labute approximate surface area is 122 Å². The SMILES string of the molecule is COC(=O)[C@H]1C[C@@H](F)CN(C(=O)OCc2ccccc2)C1. The zero-order valence-corrected chi connectivity index (χ0v) is 11.8. The van der Waals surface area contributed by atoms with Gasteiger partial charge in [-0.1, -0.05) is 30.3 Å². The fourth-order valence-corrected chi connectivity index (χ4v) is 2.33. The zero-order valence-electron chi connectivity index (χ0n) is 11.8. The second-order valence-electron chi connectivity index (χ2n) is 5.00. The molecular weight excluding hydrogens is 277 g/mol. The fraction of sp³-hybridized carbons (Fsp3) is 0.467. The van der Waals surface area contributed by atoms with Crippen molar-refractivity contribution in [1.29, 1.82) is 0 Å². The van der Waals surface area contributed by atoms with Crippen LogP contribution in [0.2, 0.25) is 0 Å². The summed E-state index contributed by atoms with van der Waals surface area (Å²) in [7, 11) is 1.25. The molecule has 1 aromatic rings. The predicted molar refractivity (Wildman–Crippen MR) is 73.2 cm³/mol. The van der Waals surface area contributed by atoms with E-state index >= 15 is 0 Å². The van der Waals surface area contributed by atoms with Crippen molar-refractivity contribution in [2.24, 2.45) is 5.92 Å². The predicted octanol–water partition coefficient (Wildman–Crippen LogP) is 2.16. The van der Waals surface area contributed by atoms with Crippen molar-refractivity contribution in [3.8, 4) is 0 Å². The summed E-state index contributed by atoms with van der Waals surface area (Å²) in [6, 6.07) is 9.21. The topological polar surface area (TPSA) is 55.8 Å². The van der Waals surface area contributed by atoms with E-state index in [2.05, 4.69) is 4.74 Å². The molecule has 0 radical (unpaired) electrons. The highest BCUT2D eigenvalue weighted by molar-refractivity contribution is 5.74. The number of alkyl halides is 1. The van der Waals surface area contributed by atoms with Crippen molar-refractivity contribution in [3.05, 3.63) is 35.9 Å². The third-order valence-corrected chi connectivity index (χ3v) is 3.40. The van der Waals surface area contributed by atoms with Gasteiger partial charge in [-0.15, -0.1) is 0 Å². The van der Waals surface area contributed by atoms with Crippen molar-refractivity contribution < 1.29 is 23.5 Å². The summed E-state index contributed by atoms with van der Waals surface area (Å²) in [5.41, 5.74) is 0.851. The van der Waals surface area contributed by atoms with E-state index in [-0.39, 0.29) is 26.1 Å². The molecule has 2 atom stereocenters. The van der Waals surface area contributed by atoms with E-state index in [0.717, 1.165) is 5.56 Å². The largest absolute Gasteiger partial charge is 0.469 e. The first-order valence-electron chi connectivity index (χ1n) is 6.77. The van der Waals surface area contributed by atoms with Crippen molar-refractivity contribution in [1.82, 2.24) is 4.90 Å². The first kappa shape index (κ1) is 15.3. The summed E-state index contributed by atoms with van der Waals surface area (Å²) in [5, 5.41) is 0. The third-order valence-electron chi connectivity index (χ3n) is 3.40. The molecule has 114 valence electrons. The molecule has 21 heavy (non-hydrogen) atoms. The fourth-order valence-electron chi connectivity index (χ4n) is 2.33. The number of nitrogens with zero attached hydrogens (tertiary/aromatic N) is 1. The van der Waals surface area contributed by atoms with E-state index in [4.69, 9.17) is 4.74 Å². The molecule has 0 bridgehead atoms. The average Bonchev–Trinajstić information content (AvgIpc) is 2.52. The lowest BCUT2D eigenvalue weighted by molar-refractivity contribution is -0.148. The van der Waals surface area contributed by atoms with Crippen LogP contribution in [0.5, 0.6) is 0 Å². The molecule has 0 aliphatic carbocycles. The van der Waals surface area contributed by atoms with E-state index in [1.807, 2.05) is 30.3 Å². The molecule has 0 saturated carbocycles. The molecule has 6 heteroatoms. The van der Waals surface area contributed by atoms with Crippen LogP contribution in [0.25, 0.3) is 0 Å². The summed E-state index contributed by atoms with van der Waals surface area (Å²) < 4.78 is 23.4. The van der Waals surface area contributed by atoms with Gasteiger partial charge in [-0.3, -0.25) is 4.79 Å². The molecule has 5 nitrogen and oxygen atoms in total. The van der Waals surface area contributed by atoms with Gasteiger partial charge in [0, 0.05) is 6.54 Å². The first-order chi connectivity index (χ1) is 10.1. The van der Waals surface area contributed by atoms with Crippen LogP contribution in [0.15, 0.2) is 30.3 Å². The molecule has 1 aliphatic heterocycles. The van der Waals surface area contributed by atoms with Gasteiger partial charge in [0.1, 0.15) is 12.8 Å². The highest BCUT2D eigenvalue weighted by Gasteiger charge is 2.35. The zero-order chi connectivity index (χ0) is 15.2. The molecule has 0 unspecified atom stereocenters. The maximum atomic E-state index is 13.6. The molecule has 1 saturated heterocycles. The maximum Gasteiger partial charge on any atom is 0.410 e. The van der Waals surface area contributed by atoms with Crippen LogP contribution in [-0.4, -0.2) is 43.3 Å². The molecule has 0 N–H and O–H groups in total. The molecule has 1 amide bonds. The number of carbonyl (C=O) groups excluding carboxylic acids is 2. The van der Waals surface area contributed by atoms with E-state index in [9.17, 15) is 14.0 Å². The lowest BCUT2D eigenvalue weighted by Crippen LogP contribution is -2.47. The number of rotatable bonds is 3. The molecule has 1 heterocycles. The van der Waals surface area contributed by atoms with Crippen LogP contribution in [0.1, 0.15) is 12.0 Å². The van der Waals surface area contributed by atoms with Crippen molar-refractivity contribution in [2.45, 2.75) is 19.2 Å². The highest BCUT2D eigenvalue weighted by Crippen LogP contribution is 2.21. The minimum Gasteiger partial charge on any atom is -0.469 e. The van der Waals surface area contributed by atoms with E-state index < -0.39 is 24.2 Å². The number of esters is 1. The van der Waals surface area contributed by atoms with Crippen LogP contribution in [0.4, 0.5) is 9.18 Å². The monoisotopic (exact) mass is 295 g/mol. The van der Waals surface area contributed by atoms with Gasteiger partial charge in [-0.2, -0.15) is 0 Å². The Balaban J connectivity index is 1.90. The Kier molecular flexibility index (Phi) is 5.14. The van der Waals surface area contributed by atoms with Gasteiger partial charge in [-0.05, 0) is 12.0 Å². The number of carbonyl (C=O) groups is 2. The third kappa shape index (κ3) is 4.18. The lowest BCUT2D eigenvalue weighted by atomic mass is 9.97. The Bertz CT molecular complexity index is 494. The van der Waals surface area contributed by atoms with Crippen molar-refractivity contribution in [2.75, 3.05) is 20.2 Å². The average molecular weight is 295 g/mol. The summed E-state index contributed by atoms with van der Waals surface area (Å²) in [6.07, 6.45) is -1.78. The van der Waals surface area contributed by atoms with Crippen LogP contribution in [-0.2, 0) is 20.9 Å². The number of piperidine rings is 1. The smallest absolute Gasteiger partial charge is 0.410 e. The van der Waals surface area contributed by atoms with Gasteiger partial charge in [0.05, 0.1) is 19.6 Å². The van der Waals surface area contributed by atoms with Gasteiger partial charge in [0.2, 0.25) is 0 Å². The Morgan fingerprint density at radius 1 is 1.29 bits per heavy atom. The molecule has 1 fully saturated rings. The number of amides is 1. The van der Waals surface area contributed by atoms with Gasteiger partial charge in [0.15, 0.2) is 0 Å². The van der Waals surface area contributed by atoms with E-state index in [0.29, 0.717) is 0 Å². The Hall–Kier alpha value is -2.11. The normalized spacial score (nSPS) is 21.7. The number of ether oxygens (including phenoxy) is 2. The molecule has 2 rings (SSSR count). The van der Waals surface area contributed by atoms with E-state index in [1.54, 1.807) is 0 Å². The summed E-state index contributed by atoms with van der Waals surface area (Å²) in [6.45, 7) is 0.192. The summed E-state index contributed by atoms with van der Waals surface area (Å²) >= 11 is 0. The number of methoxy groups -OCH3 is 1. The minimum atomic E-state index is -1.24. The first-order valence-corrected chi connectivity index (χ1v) is 6.77. The number of hydrogen-bond donors (Lipinski definition) is 0. The summed E-state index contributed by atoms with van der Waals surface area (Å²) in [4.78, 5) is 24.7. The Morgan fingerprint density at radius 2 is 2.00 bits per heavy atom. The van der Waals surface area contributed by atoms with Crippen LogP contribution in [0, 0.1) is 5.92 Å². The van der Waals surface area contributed by atoms with Crippen LogP contribution >= 0.6 is 0 Å². The quantitative estimate of drug-likeness (QED) is 0.802. The van der Waals surface area contributed by atoms with Gasteiger partial charge >= 0.3 is 12.1 Å². The van der Waals surface area contributed by atoms with Crippen molar-refractivity contribution >= 4 is 12.1 Å². The minimum absolute atomic E-state index is 0.0544. The number of benzene rings is 1. The summed E-state index contributed by atoms with van der Waals surface area (Å²) in [5.74, 6) is -1.14. The van der Waals surface area contributed by atoms with Crippen molar-refractivity contribution in [3.63, 3.8) is 0 Å². The van der Waals surface area contributed by atoms with Gasteiger partial charge < -0.3 is 14.4 Å². The molecule has 0 aromatic heterocycles. The molecule has 1 aliphatic rings.